The molecule has 0 aliphatic heterocycles. The average molecular weight is 183 g/mol. The molecule has 0 bridgehead atoms. The highest BCUT2D eigenvalue weighted by molar-refractivity contribution is 5.04. The van der Waals surface area contributed by atoms with Gasteiger partial charge in [0.05, 0.1) is 18.1 Å². The molecule has 0 saturated heterocycles. The molecule has 0 fully saturated rings. The van der Waals surface area contributed by atoms with Gasteiger partial charge in [0, 0.05) is 25.8 Å². The highest BCUT2D eigenvalue weighted by Crippen LogP contribution is 2.05. The van der Waals surface area contributed by atoms with Crippen LogP contribution in [0, 0.1) is 0 Å². The van der Waals surface area contributed by atoms with Crippen molar-refractivity contribution in [3.63, 3.8) is 0 Å². The van der Waals surface area contributed by atoms with E-state index in [1.54, 1.807) is 19.6 Å². The van der Waals surface area contributed by atoms with Gasteiger partial charge in [-0.3, -0.25) is 0 Å². The van der Waals surface area contributed by atoms with E-state index in [0.717, 1.165) is 18.7 Å². The molecule has 1 N–H and O–H groups in total. The van der Waals surface area contributed by atoms with Crippen LogP contribution in [0.1, 0.15) is 19.4 Å². The van der Waals surface area contributed by atoms with Gasteiger partial charge in [0.15, 0.2) is 0 Å². The van der Waals surface area contributed by atoms with E-state index in [1.165, 1.54) is 0 Å². The Kier molecular flexibility index (Phi) is 3.51. The Morgan fingerprint density at radius 3 is 2.85 bits per heavy atom. The smallest absolute Gasteiger partial charge is 0.0947 e. The van der Waals surface area contributed by atoms with Crippen molar-refractivity contribution in [1.82, 2.24) is 5.32 Å². The molecule has 0 aliphatic carbocycles. The molecule has 0 spiro atoms. The largest absolute Gasteiger partial charge is 0.472 e. The fourth-order valence-electron chi connectivity index (χ4n) is 0.973. The second-order valence-corrected chi connectivity index (χ2v) is 3.70. The van der Waals surface area contributed by atoms with E-state index in [-0.39, 0.29) is 5.60 Å². The number of furan rings is 1. The van der Waals surface area contributed by atoms with Gasteiger partial charge in [-0.2, -0.15) is 0 Å². The Morgan fingerprint density at radius 2 is 2.31 bits per heavy atom. The van der Waals surface area contributed by atoms with Crippen LogP contribution >= 0.6 is 0 Å². The minimum Gasteiger partial charge on any atom is -0.472 e. The van der Waals surface area contributed by atoms with Gasteiger partial charge in [0.2, 0.25) is 0 Å². The normalized spacial score (nSPS) is 11.9. The van der Waals surface area contributed by atoms with E-state index in [2.05, 4.69) is 19.2 Å². The molecule has 0 radical (unpaired) electrons. The van der Waals surface area contributed by atoms with Crippen molar-refractivity contribution in [2.24, 2.45) is 0 Å². The Morgan fingerprint density at radius 1 is 1.54 bits per heavy atom. The fraction of sp³-hybridized carbons (Fsp3) is 0.600. The number of methoxy groups -OCH3 is 1. The molecule has 13 heavy (non-hydrogen) atoms. The Bertz CT molecular complexity index is 229. The number of hydrogen-bond acceptors (Lipinski definition) is 3. The quantitative estimate of drug-likeness (QED) is 0.755. The molecule has 3 nitrogen and oxygen atoms in total. The van der Waals surface area contributed by atoms with Crippen LogP contribution < -0.4 is 5.32 Å². The van der Waals surface area contributed by atoms with Gasteiger partial charge in [0.1, 0.15) is 0 Å². The highest BCUT2D eigenvalue weighted by Gasteiger charge is 2.14. The van der Waals surface area contributed by atoms with Crippen molar-refractivity contribution in [1.29, 1.82) is 0 Å². The Labute approximate surface area is 79.1 Å². The van der Waals surface area contributed by atoms with Crippen molar-refractivity contribution in [2.45, 2.75) is 26.0 Å². The van der Waals surface area contributed by atoms with Gasteiger partial charge < -0.3 is 14.5 Å². The Hall–Kier alpha value is -0.800. The van der Waals surface area contributed by atoms with Gasteiger partial charge in [-0.1, -0.05) is 0 Å². The third-order valence-electron chi connectivity index (χ3n) is 2.01. The lowest BCUT2D eigenvalue weighted by atomic mass is 10.1. The van der Waals surface area contributed by atoms with Crippen LogP contribution in [0.5, 0.6) is 0 Å². The van der Waals surface area contributed by atoms with Crippen LogP contribution in [0.4, 0.5) is 0 Å². The second-order valence-electron chi connectivity index (χ2n) is 3.70. The predicted molar refractivity (Wildman–Crippen MR) is 51.5 cm³/mol. The van der Waals surface area contributed by atoms with Crippen LogP contribution in [-0.4, -0.2) is 19.3 Å². The molecular formula is C10H17NO2. The summed E-state index contributed by atoms with van der Waals surface area (Å²) in [4.78, 5) is 0. The minimum absolute atomic E-state index is 0.107. The van der Waals surface area contributed by atoms with E-state index in [0.29, 0.717) is 0 Å². The maximum atomic E-state index is 5.27. The van der Waals surface area contributed by atoms with E-state index >= 15 is 0 Å². The number of nitrogens with one attached hydrogen (secondary N) is 1. The molecule has 1 rings (SSSR count). The van der Waals surface area contributed by atoms with Gasteiger partial charge in [-0.05, 0) is 19.9 Å². The van der Waals surface area contributed by atoms with Crippen LogP contribution in [0.2, 0.25) is 0 Å². The molecule has 0 amide bonds. The Balaban J connectivity index is 2.21. The molecule has 0 aromatic carbocycles. The lowest BCUT2D eigenvalue weighted by molar-refractivity contribution is 0.0230. The summed E-state index contributed by atoms with van der Waals surface area (Å²) in [6.07, 6.45) is 3.42. The summed E-state index contributed by atoms with van der Waals surface area (Å²) in [5.41, 5.74) is 1.05. The van der Waals surface area contributed by atoms with Gasteiger partial charge in [-0.25, -0.2) is 0 Å². The molecule has 0 unspecified atom stereocenters. The maximum absolute atomic E-state index is 5.27. The minimum atomic E-state index is -0.107. The monoisotopic (exact) mass is 183 g/mol. The van der Waals surface area contributed by atoms with Crippen molar-refractivity contribution >= 4 is 0 Å². The zero-order valence-electron chi connectivity index (χ0n) is 8.46. The first-order chi connectivity index (χ1) is 6.14. The third kappa shape index (κ3) is 3.61. The molecule has 0 aliphatic rings. The lowest BCUT2D eigenvalue weighted by Gasteiger charge is -2.22. The fourth-order valence-corrected chi connectivity index (χ4v) is 0.973. The van der Waals surface area contributed by atoms with Crippen LogP contribution in [0.3, 0.4) is 0 Å². The molecule has 1 heterocycles. The predicted octanol–water partition coefficient (Wildman–Crippen LogP) is 1.79. The second kappa shape index (κ2) is 4.44. The molecule has 0 atom stereocenters. The molecule has 0 saturated carbocycles. The van der Waals surface area contributed by atoms with Gasteiger partial charge in [-0.15, -0.1) is 0 Å². The summed E-state index contributed by atoms with van der Waals surface area (Å²) in [5.74, 6) is 0. The van der Waals surface area contributed by atoms with Crippen LogP contribution in [-0.2, 0) is 11.3 Å². The van der Waals surface area contributed by atoms with E-state index < -0.39 is 0 Å². The van der Waals surface area contributed by atoms with Crippen molar-refractivity contribution in [3.8, 4) is 0 Å². The van der Waals surface area contributed by atoms with Crippen LogP contribution in [0.25, 0.3) is 0 Å². The zero-order valence-corrected chi connectivity index (χ0v) is 8.46. The van der Waals surface area contributed by atoms with Crippen molar-refractivity contribution in [3.05, 3.63) is 24.2 Å². The van der Waals surface area contributed by atoms with E-state index in [1.807, 2.05) is 6.07 Å². The topological polar surface area (TPSA) is 34.4 Å². The zero-order chi connectivity index (χ0) is 9.73. The molecule has 1 aromatic heterocycles. The summed E-state index contributed by atoms with van der Waals surface area (Å²) in [5, 5.41) is 3.29. The first-order valence-corrected chi connectivity index (χ1v) is 4.41. The van der Waals surface area contributed by atoms with E-state index in [4.69, 9.17) is 9.15 Å². The first-order valence-electron chi connectivity index (χ1n) is 4.41. The number of hydrogen-bond donors (Lipinski definition) is 1. The lowest BCUT2D eigenvalue weighted by Crippen LogP contribution is -2.36. The van der Waals surface area contributed by atoms with Crippen LogP contribution in [0.15, 0.2) is 23.0 Å². The summed E-state index contributed by atoms with van der Waals surface area (Å²) >= 11 is 0. The average Bonchev–Trinajstić information content (AvgIpc) is 2.57. The standard InChI is InChI=1S/C10H17NO2/c1-10(2,12-3)8-11-6-9-4-5-13-7-9/h4-5,7,11H,6,8H2,1-3H3. The summed E-state index contributed by atoms with van der Waals surface area (Å²) in [7, 11) is 1.72. The van der Waals surface area contributed by atoms with Crippen molar-refractivity contribution < 1.29 is 9.15 Å². The van der Waals surface area contributed by atoms with E-state index in [9.17, 15) is 0 Å². The summed E-state index contributed by atoms with van der Waals surface area (Å²) < 4.78 is 10.2. The molecule has 3 heteroatoms. The number of ether oxygens (including phenoxy) is 1. The van der Waals surface area contributed by atoms with Gasteiger partial charge >= 0.3 is 0 Å². The molecule has 74 valence electrons. The summed E-state index contributed by atoms with van der Waals surface area (Å²) in [6, 6.07) is 1.95. The third-order valence-corrected chi connectivity index (χ3v) is 2.01. The molecule has 1 aromatic rings. The number of rotatable bonds is 5. The summed E-state index contributed by atoms with van der Waals surface area (Å²) in [6.45, 7) is 5.75. The SMILES string of the molecule is COC(C)(C)CNCc1ccoc1. The first kappa shape index (κ1) is 10.3. The van der Waals surface area contributed by atoms with Gasteiger partial charge in [0.25, 0.3) is 0 Å². The maximum Gasteiger partial charge on any atom is 0.0947 e. The molecular weight excluding hydrogens is 166 g/mol. The highest BCUT2D eigenvalue weighted by atomic mass is 16.5. The van der Waals surface area contributed by atoms with Crippen molar-refractivity contribution in [2.75, 3.05) is 13.7 Å².